The van der Waals surface area contributed by atoms with Crippen LogP contribution in [0.25, 0.3) is 0 Å². The van der Waals surface area contributed by atoms with Crippen LogP contribution in [0.3, 0.4) is 0 Å². The molecule has 1 aromatic rings. The van der Waals surface area contributed by atoms with Crippen LogP contribution in [0, 0.1) is 0 Å². The van der Waals surface area contributed by atoms with E-state index in [1.165, 1.54) is 11.8 Å². The molecule has 0 spiro atoms. The second kappa shape index (κ2) is 8.15. The van der Waals surface area contributed by atoms with E-state index in [0.717, 1.165) is 18.8 Å². The second-order valence-corrected chi connectivity index (χ2v) is 6.45. The molecule has 1 aliphatic heterocycles. The van der Waals surface area contributed by atoms with Gasteiger partial charge in [0.05, 0.1) is 6.10 Å². The van der Waals surface area contributed by atoms with Gasteiger partial charge in [0.2, 0.25) is 11.8 Å². The van der Waals surface area contributed by atoms with Crippen molar-refractivity contribution in [3.05, 3.63) is 24.3 Å². The van der Waals surface area contributed by atoms with E-state index in [2.05, 4.69) is 4.90 Å². The Labute approximate surface area is 144 Å². The average molecular weight is 333 g/mol. The molecule has 0 atom stereocenters. The zero-order chi connectivity index (χ0) is 17.7. The third-order valence-corrected chi connectivity index (χ3v) is 4.05. The van der Waals surface area contributed by atoms with Gasteiger partial charge in [-0.1, -0.05) is 0 Å². The summed E-state index contributed by atoms with van der Waals surface area (Å²) < 4.78 is 5.61. The molecule has 1 saturated heterocycles. The molecular formula is C18H27N3O3. The van der Waals surface area contributed by atoms with Gasteiger partial charge in [-0.15, -0.1) is 0 Å². The molecule has 132 valence electrons. The highest BCUT2D eigenvalue weighted by Gasteiger charge is 2.23. The number of benzene rings is 1. The number of carbonyl (C=O) groups excluding carboxylic acids is 2. The van der Waals surface area contributed by atoms with E-state index in [9.17, 15) is 9.59 Å². The molecule has 6 heteroatoms. The van der Waals surface area contributed by atoms with Crippen LogP contribution < -0.4 is 9.64 Å². The molecular weight excluding hydrogens is 306 g/mol. The van der Waals surface area contributed by atoms with Crippen LogP contribution in [0.5, 0.6) is 5.75 Å². The maximum absolute atomic E-state index is 12.5. The predicted octanol–water partition coefficient (Wildman–Crippen LogP) is 1.60. The van der Waals surface area contributed by atoms with E-state index in [0.29, 0.717) is 18.8 Å². The monoisotopic (exact) mass is 333 g/mol. The molecule has 24 heavy (non-hydrogen) atoms. The molecule has 1 heterocycles. The first-order chi connectivity index (χ1) is 11.4. The number of ether oxygens (including phenoxy) is 1. The lowest BCUT2D eigenvalue weighted by atomic mass is 10.2. The zero-order valence-corrected chi connectivity index (χ0v) is 15.0. The van der Waals surface area contributed by atoms with E-state index >= 15 is 0 Å². The largest absolute Gasteiger partial charge is 0.491 e. The van der Waals surface area contributed by atoms with Crippen LogP contribution in [-0.4, -0.2) is 67.5 Å². The number of amides is 2. The molecule has 1 fully saturated rings. The highest BCUT2D eigenvalue weighted by Crippen LogP contribution is 2.21. The Kier molecular flexibility index (Phi) is 6.20. The van der Waals surface area contributed by atoms with Crippen molar-refractivity contribution in [2.75, 3.05) is 44.7 Å². The van der Waals surface area contributed by atoms with Crippen molar-refractivity contribution >= 4 is 17.5 Å². The van der Waals surface area contributed by atoms with Gasteiger partial charge < -0.3 is 19.4 Å². The molecule has 2 rings (SSSR count). The minimum atomic E-state index is -0.144. The Balaban J connectivity index is 2.03. The summed E-state index contributed by atoms with van der Waals surface area (Å²) in [6, 6.07) is 7.28. The molecule has 6 nitrogen and oxygen atoms in total. The summed E-state index contributed by atoms with van der Waals surface area (Å²) in [7, 11) is 2.05. The van der Waals surface area contributed by atoms with Crippen molar-refractivity contribution < 1.29 is 14.3 Å². The van der Waals surface area contributed by atoms with Crippen LogP contribution >= 0.6 is 0 Å². The highest BCUT2D eigenvalue weighted by atomic mass is 16.5. The lowest BCUT2D eigenvalue weighted by Crippen LogP contribution is -2.50. The van der Waals surface area contributed by atoms with Crippen molar-refractivity contribution in [3.63, 3.8) is 0 Å². The van der Waals surface area contributed by atoms with Gasteiger partial charge in [-0.3, -0.25) is 9.59 Å². The normalized spacial score (nSPS) is 15.5. The fraction of sp³-hybridized carbons (Fsp3) is 0.556. The topological polar surface area (TPSA) is 53.1 Å². The lowest BCUT2D eigenvalue weighted by molar-refractivity contribution is -0.132. The molecule has 1 aromatic carbocycles. The quantitative estimate of drug-likeness (QED) is 0.821. The minimum Gasteiger partial charge on any atom is -0.491 e. The van der Waals surface area contributed by atoms with Crippen LogP contribution in [0.15, 0.2) is 24.3 Å². The Bertz CT molecular complexity index is 563. The van der Waals surface area contributed by atoms with Gasteiger partial charge in [-0.2, -0.15) is 0 Å². The highest BCUT2D eigenvalue weighted by molar-refractivity contribution is 5.97. The summed E-state index contributed by atoms with van der Waals surface area (Å²) in [6.45, 7) is 8.64. The third kappa shape index (κ3) is 4.96. The first-order valence-corrected chi connectivity index (χ1v) is 8.38. The number of anilines is 1. The molecule has 0 bridgehead atoms. The molecule has 0 N–H and O–H groups in total. The van der Waals surface area contributed by atoms with Gasteiger partial charge >= 0.3 is 0 Å². The number of carbonyl (C=O) groups is 2. The third-order valence-electron chi connectivity index (χ3n) is 4.05. The van der Waals surface area contributed by atoms with Gasteiger partial charge in [0, 0.05) is 38.8 Å². The average Bonchev–Trinajstić information content (AvgIpc) is 2.53. The zero-order valence-electron chi connectivity index (χ0n) is 15.0. The van der Waals surface area contributed by atoms with Gasteiger partial charge in [-0.25, -0.2) is 0 Å². The second-order valence-electron chi connectivity index (χ2n) is 6.45. The van der Waals surface area contributed by atoms with E-state index < -0.39 is 0 Å². The number of piperazine rings is 1. The number of likely N-dealkylation sites (N-methyl/N-ethyl adjacent to an activating group) is 1. The summed E-state index contributed by atoms with van der Waals surface area (Å²) >= 11 is 0. The smallest absolute Gasteiger partial charge is 0.242 e. The van der Waals surface area contributed by atoms with Gasteiger partial charge in [0.25, 0.3) is 0 Å². The molecule has 1 aliphatic rings. The Morgan fingerprint density at radius 2 is 1.71 bits per heavy atom. The van der Waals surface area contributed by atoms with Crippen molar-refractivity contribution in [1.29, 1.82) is 0 Å². The van der Waals surface area contributed by atoms with Crippen molar-refractivity contribution in [2.24, 2.45) is 0 Å². The summed E-state index contributed by atoms with van der Waals surface area (Å²) in [6.07, 6.45) is 0.0959. The number of rotatable bonds is 5. The summed E-state index contributed by atoms with van der Waals surface area (Å²) in [5, 5.41) is 0. The van der Waals surface area contributed by atoms with E-state index in [-0.39, 0.29) is 24.5 Å². The lowest BCUT2D eigenvalue weighted by Gasteiger charge is -2.33. The summed E-state index contributed by atoms with van der Waals surface area (Å²) in [5.74, 6) is 0.596. The molecule has 2 amide bonds. The first kappa shape index (κ1) is 18.3. The summed E-state index contributed by atoms with van der Waals surface area (Å²) in [4.78, 5) is 30.0. The molecule has 0 aliphatic carbocycles. The molecule has 0 unspecified atom stereocenters. The van der Waals surface area contributed by atoms with E-state index in [1.54, 1.807) is 0 Å². The Morgan fingerprint density at radius 3 is 2.21 bits per heavy atom. The number of nitrogens with zero attached hydrogens (tertiary/aromatic N) is 3. The summed E-state index contributed by atoms with van der Waals surface area (Å²) in [5.41, 5.74) is 0.709. The van der Waals surface area contributed by atoms with Crippen molar-refractivity contribution in [3.8, 4) is 5.75 Å². The predicted molar refractivity (Wildman–Crippen MR) is 94.3 cm³/mol. The van der Waals surface area contributed by atoms with Crippen LogP contribution in [0.1, 0.15) is 20.8 Å². The molecule has 0 aromatic heterocycles. The minimum absolute atomic E-state index is 0.0131. The van der Waals surface area contributed by atoms with Gasteiger partial charge in [-0.05, 0) is 45.2 Å². The Hall–Kier alpha value is -2.08. The standard InChI is InChI=1S/C18H27N3O3/c1-14(2)24-17-7-5-16(6-8-17)21(15(3)22)13-18(23)20-11-9-19(4)10-12-20/h5-8,14H,9-13H2,1-4H3. The van der Waals surface area contributed by atoms with E-state index in [1.807, 2.05) is 50.1 Å². The fourth-order valence-corrected chi connectivity index (χ4v) is 2.65. The first-order valence-electron chi connectivity index (χ1n) is 8.38. The van der Waals surface area contributed by atoms with Crippen LogP contribution in [-0.2, 0) is 9.59 Å². The van der Waals surface area contributed by atoms with Crippen molar-refractivity contribution in [1.82, 2.24) is 9.80 Å². The number of hydrogen-bond acceptors (Lipinski definition) is 4. The number of hydrogen-bond donors (Lipinski definition) is 0. The van der Waals surface area contributed by atoms with Crippen molar-refractivity contribution in [2.45, 2.75) is 26.9 Å². The molecule has 0 radical (unpaired) electrons. The Morgan fingerprint density at radius 1 is 1.12 bits per heavy atom. The maximum Gasteiger partial charge on any atom is 0.242 e. The van der Waals surface area contributed by atoms with Crippen LogP contribution in [0.4, 0.5) is 5.69 Å². The maximum atomic E-state index is 12.5. The van der Waals surface area contributed by atoms with Gasteiger partial charge in [0.15, 0.2) is 0 Å². The molecule has 0 saturated carbocycles. The SMILES string of the molecule is CC(=O)N(CC(=O)N1CCN(C)CC1)c1ccc(OC(C)C)cc1. The fourth-order valence-electron chi connectivity index (χ4n) is 2.65. The van der Waals surface area contributed by atoms with Gasteiger partial charge in [0.1, 0.15) is 12.3 Å². The van der Waals surface area contributed by atoms with Crippen LogP contribution in [0.2, 0.25) is 0 Å². The van der Waals surface area contributed by atoms with E-state index in [4.69, 9.17) is 4.74 Å².